The second-order valence-corrected chi connectivity index (χ2v) is 7.27. The van der Waals surface area contributed by atoms with Gasteiger partial charge in [-0.05, 0) is 45.4 Å². The Morgan fingerprint density at radius 2 is 1.84 bits per heavy atom. The van der Waals surface area contributed by atoms with Crippen molar-refractivity contribution in [2.24, 2.45) is 5.92 Å². The van der Waals surface area contributed by atoms with E-state index in [9.17, 15) is 18.8 Å². The highest BCUT2D eigenvalue weighted by atomic mass is 19.1. The predicted molar refractivity (Wildman–Crippen MR) is 91.1 cm³/mol. The monoisotopic (exact) mass is 350 g/mol. The Bertz CT molecular complexity index is 719. The van der Waals surface area contributed by atoms with Crippen molar-refractivity contribution in [1.82, 2.24) is 4.90 Å². The number of nitrogens with zero attached hydrogens (tertiary/aromatic N) is 1. The first kappa shape index (κ1) is 18.9. The highest BCUT2D eigenvalue weighted by Crippen LogP contribution is 2.28. The lowest BCUT2D eigenvalue weighted by molar-refractivity contribution is -0.114. The standard InChI is InChI=1S/C18H23FN2O4/c1-10-6-13(15(7-14(10)19)20-11(2)22)16(23)12-8-21(9-12)17(24)25-18(3,4)5/h6-7,12H,8-9H2,1-5H3,(H,20,22). The summed E-state index contributed by atoms with van der Waals surface area (Å²) in [6.07, 6.45) is -0.464. The van der Waals surface area contributed by atoms with Crippen LogP contribution in [0.2, 0.25) is 0 Å². The normalized spacial score (nSPS) is 14.7. The number of aryl methyl sites for hydroxylation is 1. The molecular weight excluding hydrogens is 327 g/mol. The number of halogens is 1. The van der Waals surface area contributed by atoms with Crippen LogP contribution in [0.25, 0.3) is 0 Å². The number of nitrogens with one attached hydrogen (secondary N) is 1. The smallest absolute Gasteiger partial charge is 0.410 e. The van der Waals surface area contributed by atoms with Gasteiger partial charge in [0, 0.05) is 25.6 Å². The molecule has 25 heavy (non-hydrogen) atoms. The van der Waals surface area contributed by atoms with Gasteiger partial charge < -0.3 is 15.0 Å². The van der Waals surface area contributed by atoms with Crippen LogP contribution in [0.1, 0.15) is 43.6 Å². The number of rotatable bonds is 3. The number of hydrogen-bond acceptors (Lipinski definition) is 4. The molecule has 2 rings (SSSR count). The SMILES string of the molecule is CC(=O)Nc1cc(F)c(C)cc1C(=O)C1CN(C(=O)OC(C)(C)C)C1. The number of carbonyl (C=O) groups excluding carboxylic acids is 3. The fourth-order valence-electron chi connectivity index (χ4n) is 2.52. The van der Waals surface area contributed by atoms with Crippen molar-refractivity contribution < 1.29 is 23.5 Å². The Morgan fingerprint density at radius 1 is 1.24 bits per heavy atom. The van der Waals surface area contributed by atoms with Gasteiger partial charge in [-0.25, -0.2) is 9.18 Å². The van der Waals surface area contributed by atoms with Crippen LogP contribution in [-0.2, 0) is 9.53 Å². The molecule has 0 saturated carbocycles. The van der Waals surface area contributed by atoms with E-state index < -0.39 is 23.4 Å². The Morgan fingerprint density at radius 3 is 2.36 bits per heavy atom. The lowest BCUT2D eigenvalue weighted by atomic mass is 9.89. The molecule has 0 aromatic heterocycles. The molecule has 1 aromatic carbocycles. The van der Waals surface area contributed by atoms with Crippen LogP contribution in [-0.4, -0.2) is 41.4 Å². The maximum absolute atomic E-state index is 13.8. The molecule has 0 atom stereocenters. The Balaban J connectivity index is 2.11. The molecule has 1 N–H and O–H groups in total. The summed E-state index contributed by atoms with van der Waals surface area (Å²) >= 11 is 0. The molecule has 0 bridgehead atoms. The third-order valence-electron chi connectivity index (χ3n) is 3.78. The lowest BCUT2D eigenvalue weighted by Gasteiger charge is -2.39. The quantitative estimate of drug-likeness (QED) is 0.850. The van der Waals surface area contributed by atoms with Gasteiger partial charge in [0.15, 0.2) is 5.78 Å². The highest BCUT2D eigenvalue weighted by molar-refractivity contribution is 6.06. The second-order valence-electron chi connectivity index (χ2n) is 7.27. The maximum atomic E-state index is 13.8. The van der Waals surface area contributed by atoms with Gasteiger partial charge in [0.25, 0.3) is 0 Å². The number of benzene rings is 1. The van der Waals surface area contributed by atoms with Crippen LogP contribution in [0.3, 0.4) is 0 Å². The third kappa shape index (κ3) is 4.55. The molecule has 1 aliphatic heterocycles. The van der Waals surface area contributed by atoms with E-state index >= 15 is 0 Å². The van der Waals surface area contributed by atoms with E-state index in [1.165, 1.54) is 17.9 Å². The van der Waals surface area contributed by atoms with Crippen LogP contribution in [0.5, 0.6) is 0 Å². The number of anilines is 1. The molecule has 1 fully saturated rings. The molecule has 1 aromatic rings. The van der Waals surface area contributed by atoms with Gasteiger partial charge in [-0.3, -0.25) is 9.59 Å². The fraction of sp³-hybridized carbons (Fsp3) is 0.500. The van der Waals surface area contributed by atoms with Crippen LogP contribution >= 0.6 is 0 Å². The zero-order chi connectivity index (χ0) is 18.9. The number of ether oxygens (including phenoxy) is 1. The van der Waals surface area contributed by atoms with Crippen molar-refractivity contribution in [2.75, 3.05) is 18.4 Å². The summed E-state index contributed by atoms with van der Waals surface area (Å²) < 4.78 is 19.0. The topological polar surface area (TPSA) is 75.7 Å². The van der Waals surface area contributed by atoms with Gasteiger partial charge in [-0.2, -0.15) is 0 Å². The Kier molecular flexibility index (Phi) is 5.15. The summed E-state index contributed by atoms with van der Waals surface area (Å²) in [5.41, 5.74) is 0.124. The minimum atomic E-state index is -0.598. The molecule has 1 saturated heterocycles. The lowest BCUT2D eigenvalue weighted by Crippen LogP contribution is -2.54. The van der Waals surface area contributed by atoms with E-state index in [-0.39, 0.29) is 36.0 Å². The summed E-state index contributed by atoms with van der Waals surface area (Å²) in [6.45, 7) is 8.64. The third-order valence-corrected chi connectivity index (χ3v) is 3.78. The average Bonchev–Trinajstić information content (AvgIpc) is 2.38. The van der Waals surface area contributed by atoms with Gasteiger partial charge in [0.1, 0.15) is 11.4 Å². The van der Waals surface area contributed by atoms with Gasteiger partial charge in [-0.15, -0.1) is 0 Å². The highest BCUT2D eigenvalue weighted by Gasteiger charge is 2.39. The van der Waals surface area contributed by atoms with Crippen molar-refractivity contribution in [3.8, 4) is 0 Å². The van der Waals surface area contributed by atoms with Gasteiger partial charge in [0.05, 0.1) is 11.6 Å². The Hall–Kier alpha value is -2.44. The predicted octanol–water partition coefficient (Wildman–Crippen LogP) is 3.14. The summed E-state index contributed by atoms with van der Waals surface area (Å²) in [5.74, 6) is -1.51. The van der Waals surface area contributed by atoms with E-state index in [2.05, 4.69) is 5.32 Å². The largest absolute Gasteiger partial charge is 0.444 e. The maximum Gasteiger partial charge on any atom is 0.410 e. The molecule has 0 radical (unpaired) electrons. The molecule has 7 heteroatoms. The minimum Gasteiger partial charge on any atom is -0.444 e. The molecule has 0 unspecified atom stereocenters. The van der Waals surface area contributed by atoms with Crippen molar-refractivity contribution >= 4 is 23.5 Å². The summed E-state index contributed by atoms with van der Waals surface area (Å²) in [4.78, 5) is 37.4. The van der Waals surface area contributed by atoms with Crippen LogP contribution in [0.15, 0.2) is 12.1 Å². The molecule has 2 amide bonds. The molecule has 0 spiro atoms. The molecule has 1 aliphatic rings. The van der Waals surface area contributed by atoms with Crippen LogP contribution in [0, 0.1) is 18.7 Å². The van der Waals surface area contributed by atoms with E-state index in [0.717, 1.165) is 6.07 Å². The number of amides is 2. The van der Waals surface area contributed by atoms with Crippen molar-refractivity contribution in [3.05, 3.63) is 29.1 Å². The molecule has 1 heterocycles. The fourth-order valence-corrected chi connectivity index (χ4v) is 2.52. The first-order chi connectivity index (χ1) is 11.5. The van der Waals surface area contributed by atoms with E-state index in [4.69, 9.17) is 4.74 Å². The molecular formula is C18H23FN2O4. The van der Waals surface area contributed by atoms with E-state index in [1.807, 2.05) is 0 Å². The summed E-state index contributed by atoms with van der Waals surface area (Å²) in [7, 11) is 0. The van der Waals surface area contributed by atoms with Crippen molar-refractivity contribution in [2.45, 2.75) is 40.2 Å². The Labute approximate surface area is 146 Å². The van der Waals surface area contributed by atoms with Crippen LogP contribution in [0.4, 0.5) is 14.9 Å². The van der Waals surface area contributed by atoms with Crippen molar-refractivity contribution in [1.29, 1.82) is 0 Å². The first-order valence-corrected chi connectivity index (χ1v) is 8.08. The second kappa shape index (κ2) is 6.82. The summed E-state index contributed by atoms with van der Waals surface area (Å²) in [5, 5.41) is 2.49. The van der Waals surface area contributed by atoms with Crippen molar-refractivity contribution in [3.63, 3.8) is 0 Å². The zero-order valence-corrected chi connectivity index (χ0v) is 15.1. The molecule has 0 aliphatic carbocycles. The number of Topliss-reactive ketones (excluding diaryl/α,β-unsaturated/α-hetero) is 1. The van der Waals surface area contributed by atoms with Gasteiger partial charge in [0.2, 0.25) is 5.91 Å². The number of hydrogen-bond donors (Lipinski definition) is 1. The number of carbonyl (C=O) groups is 3. The van der Waals surface area contributed by atoms with Gasteiger partial charge in [-0.1, -0.05) is 0 Å². The zero-order valence-electron chi connectivity index (χ0n) is 15.1. The average molecular weight is 350 g/mol. The first-order valence-electron chi connectivity index (χ1n) is 8.08. The van der Waals surface area contributed by atoms with Gasteiger partial charge >= 0.3 is 6.09 Å². The molecule has 136 valence electrons. The van der Waals surface area contributed by atoms with E-state index in [1.54, 1.807) is 27.7 Å². The summed E-state index contributed by atoms with van der Waals surface area (Å²) in [6, 6.07) is 2.58. The minimum absolute atomic E-state index is 0.149. The number of ketones is 1. The number of likely N-dealkylation sites (tertiary alicyclic amines) is 1. The van der Waals surface area contributed by atoms with Crippen LogP contribution < -0.4 is 5.32 Å². The molecule has 6 nitrogen and oxygen atoms in total. The van der Waals surface area contributed by atoms with E-state index in [0.29, 0.717) is 5.56 Å².